The van der Waals surface area contributed by atoms with Gasteiger partial charge in [-0.3, -0.25) is 4.68 Å². The highest BCUT2D eigenvalue weighted by molar-refractivity contribution is 5.39. The fourth-order valence-corrected chi connectivity index (χ4v) is 2.21. The third kappa shape index (κ3) is 3.82. The number of rotatable bonds is 6. The Kier molecular flexibility index (Phi) is 4.96. The van der Waals surface area contributed by atoms with Crippen molar-refractivity contribution in [2.75, 3.05) is 6.54 Å². The molecule has 0 fully saturated rings. The lowest BCUT2D eigenvalue weighted by molar-refractivity contribution is 0.467. The maximum atomic E-state index is 13.7. The van der Waals surface area contributed by atoms with Crippen LogP contribution in [0.5, 0.6) is 11.5 Å². The summed E-state index contributed by atoms with van der Waals surface area (Å²) in [5, 5.41) is 7.56. The Morgan fingerprint density at radius 3 is 2.67 bits per heavy atom. The van der Waals surface area contributed by atoms with E-state index in [1.54, 1.807) is 4.68 Å². The zero-order chi connectivity index (χ0) is 15.4. The summed E-state index contributed by atoms with van der Waals surface area (Å²) in [6, 6.07) is 4.78. The summed E-state index contributed by atoms with van der Waals surface area (Å²) in [6.07, 6.45) is 1.05. The highest BCUT2D eigenvalue weighted by atomic mass is 19.1. The second-order valence-electron chi connectivity index (χ2n) is 5.20. The second kappa shape index (κ2) is 6.72. The monoisotopic (exact) mass is 291 g/mol. The molecule has 0 saturated heterocycles. The number of nitrogens with zero attached hydrogens (tertiary/aromatic N) is 2. The van der Waals surface area contributed by atoms with Gasteiger partial charge in [0.15, 0.2) is 5.75 Å². The van der Waals surface area contributed by atoms with Gasteiger partial charge in [0.25, 0.3) is 0 Å². The molecule has 1 aromatic heterocycles. The van der Waals surface area contributed by atoms with Crippen LogP contribution in [0.1, 0.15) is 30.3 Å². The summed E-state index contributed by atoms with van der Waals surface area (Å²) in [5.41, 5.74) is 2.59. The Bertz CT molecular complexity index is 622. The summed E-state index contributed by atoms with van der Waals surface area (Å²) in [6.45, 7) is 7.45. The van der Waals surface area contributed by atoms with Crippen LogP contribution in [0.4, 0.5) is 4.39 Å². The van der Waals surface area contributed by atoms with Crippen LogP contribution >= 0.6 is 0 Å². The molecule has 0 unspecified atom stereocenters. The maximum Gasteiger partial charge on any atom is 0.171 e. The number of ether oxygens (including phenoxy) is 1. The fourth-order valence-electron chi connectivity index (χ4n) is 2.21. The zero-order valence-corrected chi connectivity index (χ0v) is 13.0. The van der Waals surface area contributed by atoms with Gasteiger partial charge in [-0.25, -0.2) is 4.39 Å². The molecule has 0 bridgehead atoms. The number of nitrogens with one attached hydrogen (secondary N) is 1. The van der Waals surface area contributed by atoms with E-state index in [1.807, 2.05) is 27.0 Å². The molecule has 0 aliphatic heterocycles. The fraction of sp³-hybridized carbons (Fsp3) is 0.438. The number of hydrogen-bond donors (Lipinski definition) is 1. The normalized spacial score (nSPS) is 10.9. The van der Waals surface area contributed by atoms with E-state index in [0.717, 1.165) is 29.9 Å². The van der Waals surface area contributed by atoms with E-state index >= 15 is 0 Å². The van der Waals surface area contributed by atoms with Gasteiger partial charge in [-0.2, -0.15) is 5.10 Å². The summed E-state index contributed by atoms with van der Waals surface area (Å²) in [5.74, 6) is 0.901. The molecule has 114 valence electrons. The summed E-state index contributed by atoms with van der Waals surface area (Å²) < 4.78 is 21.3. The summed E-state index contributed by atoms with van der Waals surface area (Å²) in [4.78, 5) is 0. The third-order valence-corrected chi connectivity index (χ3v) is 3.35. The largest absolute Gasteiger partial charge is 0.453 e. The molecular formula is C16H22FN3O. The van der Waals surface area contributed by atoms with E-state index in [9.17, 15) is 4.39 Å². The van der Waals surface area contributed by atoms with Crippen molar-refractivity contribution in [3.8, 4) is 11.5 Å². The Balaban J connectivity index is 2.19. The third-order valence-electron chi connectivity index (χ3n) is 3.35. The van der Waals surface area contributed by atoms with Gasteiger partial charge in [-0.15, -0.1) is 0 Å². The van der Waals surface area contributed by atoms with Crippen LogP contribution in [-0.2, 0) is 13.6 Å². The average molecular weight is 291 g/mol. The Morgan fingerprint density at radius 1 is 1.29 bits per heavy atom. The van der Waals surface area contributed by atoms with E-state index in [0.29, 0.717) is 18.0 Å². The maximum absolute atomic E-state index is 13.7. The van der Waals surface area contributed by atoms with Crippen molar-refractivity contribution in [3.05, 3.63) is 41.0 Å². The van der Waals surface area contributed by atoms with Crippen molar-refractivity contribution in [3.63, 3.8) is 0 Å². The smallest absolute Gasteiger partial charge is 0.171 e. The highest BCUT2D eigenvalue weighted by Gasteiger charge is 2.12. The first-order valence-corrected chi connectivity index (χ1v) is 7.19. The van der Waals surface area contributed by atoms with Crippen molar-refractivity contribution in [2.24, 2.45) is 7.05 Å². The summed E-state index contributed by atoms with van der Waals surface area (Å²) >= 11 is 0. The van der Waals surface area contributed by atoms with Crippen molar-refractivity contribution >= 4 is 0 Å². The Hall–Kier alpha value is -1.88. The van der Waals surface area contributed by atoms with Crippen LogP contribution in [0.25, 0.3) is 0 Å². The SMILES string of the molecule is CCCNCc1cc(F)cc(Oc2c(C)nn(C)c2C)c1. The minimum atomic E-state index is -0.292. The van der Waals surface area contributed by atoms with Crippen LogP contribution in [-0.4, -0.2) is 16.3 Å². The molecular weight excluding hydrogens is 269 g/mol. The van der Waals surface area contributed by atoms with Gasteiger partial charge < -0.3 is 10.1 Å². The zero-order valence-electron chi connectivity index (χ0n) is 13.0. The van der Waals surface area contributed by atoms with E-state index in [1.165, 1.54) is 12.1 Å². The van der Waals surface area contributed by atoms with Crippen LogP contribution in [0.2, 0.25) is 0 Å². The lowest BCUT2D eigenvalue weighted by Crippen LogP contribution is -2.13. The lowest BCUT2D eigenvalue weighted by Gasteiger charge is -2.09. The van der Waals surface area contributed by atoms with E-state index in [2.05, 4.69) is 17.3 Å². The molecule has 1 heterocycles. The van der Waals surface area contributed by atoms with Crippen molar-refractivity contribution in [2.45, 2.75) is 33.7 Å². The van der Waals surface area contributed by atoms with Crippen molar-refractivity contribution in [1.29, 1.82) is 0 Å². The van der Waals surface area contributed by atoms with E-state index in [4.69, 9.17) is 4.74 Å². The van der Waals surface area contributed by atoms with Gasteiger partial charge in [0.05, 0.1) is 5.69 Å². The minimum absolute atomic E-state index is 0.292. The molecule has 0 atom stereocenters. The standard InChI is InChI=1S/C16H22FN3O/c1-5-6-18-10-13-7-14(17)9-15(8-13)21-16-11(2)19-20(4)12(16)3/h7-9,18H,5-6,10H2,1-4H3. The van der Waals surface area contributed by atoms with Crippen molar-refractivity contribution < 1.29 is 9.13 Å². The minimum Gasteiger partial charge on any atom is -0.453 e. The highest BCUT2D eigenvalue weighted by Crippen LogP contribution is 2.29. The van der Waals surface area contributed by atoms with Gasteiger partial charge >= 0.3 is 0 Å². The molecule has 2 rings (SSSR count). The topological polar surface area (TPSA) is 39.1 Å². The second-order valence-corrected chi connectivity index (χ2v) is 5.20. The number of halogens is 1. The van der Waals surface area contributed by atoms with Crippen LogP contribution < -0.4 is 10.1 Å². The lowest BCUT2D eigenvalue weighted by atomic mass is 10.2. The van der Waals surface area contributed by atoms with Gasteiger partial charge in [-0.05, 0) is 44.5 Å². The predicted molar refractivity (Wildman–Crippen MR) is 81.2 cm³/mol. The number of aromatic nitrogens is 2. The number of aryl methyl sites for hydroxylation is 2. The number of hydrogen-bond acceptors (Lipinski definition) is 3. The van der Waals surface area contributed by atoms with Crippen LogP contribution in [0.3, 0.4) is 0 Å². The molecule has 0 saturated carbocycles. The molecule has 2 aromatic rings. The first-order chi connectivity index (χ1) is 10.0. The molecule has 0 aliphatic rings. The quantitative estimate of drug-likeness (QED) is 0.828. The van der Waals surface area contributed by atoms with Gasteiger partial charge in [-0.1, -0.05) is 6.92 Å². The molecule has 21 heavy (non-hydrogen) atoms. The molecule has 0 amide bonds. The molecule has 1 aromatic carbocycles. The van der Waals surface area contributed by atoms with Gasteiger partial charge in [0.2, 0.25) is 0 Å². The van der Waals surface area contributed by atoms with E-state index < -0.39 is 0 Å². The molecule has 0 aliphatic carbocycles. The summed E-state index contributed by atoms with van der Waals surface area (Å²) in [7, 11) is 1.86. The molecule has 1 N–H and O–H groups in total. The molecule has 0 spiro atoms. The van der Waals surface area contributed by atoms with Crippen LogP contribution in [0.15, 0.2) is 18.2 Å². The first kappa shape index (κ1) is 15.5. The predicted octanol–water partition coefficient (Wildman–Crippen LogP) is 3.47. The van der Waals surface area contributed by atoms with E-state index in [-0.39, 0.29) is 5.82 Å². The Morgan fingerprint density at radius 2 is 2.05 bits per heavy atom. The first-order valence-electron chi connectivity index (χ1n) is 7.19. The molecule has 4 nitrogen and oxygen atoms in total. The van der Waals surface area contributed by atoms with Crippen molar-refractivity contribution in [1.82, 2.24) is 15.1 Å². The average Bonchev–Trinajstić information content (AvgIpc) is 2.65. The Labute approximate surface area is 124 Å². The van der Waals surface area contributed by atoms with Crippen LogP contribution in [0, 0.1) is 19.7 Å². The van der Waals surface area contributed by atoms with Gasteiger partial charge in [0.1, 0.15) is 17.3 Å². The number of benzene rings is 1. The molecule has 0 radical (unpaired) electrons. The molecule has 5 heteroatoms. The van der Waals surface area contributed by atoms with Gasteiger partial charge in [0, 0.05) is 19.7 Å².